The number of ether oxygens (including phenoxy) is 1. The van der Waals surface area contributed by atoms with Crippen molar-refractivity contribution in [1.82, 2.24) is 14.9 Å². The fourth-order valence-electron chi connectivity index (χ4n) is 2.07. The Balaban J connectivity index is 1.92. The largest absolute Gasteiger partial charge is 0.481 e. The maximum Gasteiger partial charge on any atom is 0.324 e. The van der Waals surface area contributed by atoms with E-state index in [0.717, 1.165) is 0 Å². The maximum absolute atomic E-state index is 12.0. The van der Waals surface area contributed by atoms with Crippen LogP contribution in [0.5, 0.6) is 5.88 Å². The molecule has 1 aromatic rings. The van der Waals surface area contributed by atoms with E-state index in [0.29, 0.717) is 24.7 Å². The van der Waals surface area contributed by atoms with Gasteiger partial charge in [-0.25, -0.2) is 9.78 Å². The molecule has 2 heterocycles. The lowest BCUT2D eigenvalue weighted by Crippen LogP contribution is -2.54. The standard InChI is InChI=1S/C13H18N4O4/c1-7-4-10(21-3)15-12(14-7)16-13(20)17-5-9(6-17)8(2)11(18)19/h4,8-9H,5-6H2,1-3H3,(H,18,19)(H,14,15,16,20). The summed E-state index contributed by atoms with van der Waals surface area (Å²) in [7, 11) is 1.49. The number of carbonyl (C=O) groups is 2. The Labute approximate surface area is 122 Å². The van der Waals surface area contributed by atoms with Crippen molar-refractivity contribution in [3.8, 4) is 5.88 Å². The molecule has 1 atom stereocenters. The summed E-state index contributed by atoms with van der Waals surface area (Å²) in [5.74, 6) is -0.761. The van der Waals surface area contributed by atoms with E-state index in [9.17, 15) is 9.59 Å². The molecule has 0 radical (unpaired) electrons. The minimum Gasteiger partial charge on any atom is -0.481 e. The zero-order chi connectivity index (χ0) is 15.6. The first-order chi connectivity index (χ1) is 9.90. The number of carboxylic acid groups (broad SMARTS) is 1. The number of carboxylic acids is 1. The molecule has 0 aromatic carbocycles. The number of rotatable bonds is 4. The normalized spacial score (nSPS) is 16.0. The van der Waals surface area contributed by atoms with Gasteiger partial charge in [-0.05, 0) is 6.92 Å². The molecule has 1 aliphatic rings. The first-order valence-corrected chi connectivity index (χ1v) is 6.59. The molecular weight excluding hydrogens is 276 g/mol. The fraction of sp³-hybridized carbons (Fsp3) is 0.538. The van der Waals surface area contributed by atoms with E-state index >= 15 is 0 Å². The highest BCUT2D eigenvalue weighted by Gasteiger charge is 2.37. The molecule has 1 saturated heterocycles. The summed E-state index contributed by atoms with van der Waals surface area (Å²) in [6.45, 7) is 4.26. The lowest BCUT2D eigenvalue weighted by atomic mass is 9.87. The number of nitrogens with one attached hydrogen (secondary N) is 1. The summed E-state index contributed by atoms with van der Waals surface area (Å²) in [5.41, 5.74) is 0.679. The fourth-order valence-corrected chi connectivity index (χ4v) is 2.07. The van der Waals surface area contributed by atoms with Crippen molar-refractivity contribution < 1.29 is 19.4 Å². The molecular formula is C13H18N4O4. The number of amides is 2. The van der Waals surface area contributed by atoms with Gasteiger partial charge < -0.3 is 14.7 Å². The summed E-state index contributed by atoms with van der Waals surface area (Å²) in [5, 5.41) is 11.5. The third-order valence-electron chi connectivity index (χ3n) is 3.55. The van der Waals surface area contributed by atoms with E-state index in [-0.39, 0.29) is 17.9 Å². The van der Waals surface area contributed by atoms with Gasteiger partial charge in [-0.1, -0.05) is 6.92 Å². The van der Waals surface area contributed by atoms with Crippen LogP contribution in [0.15, 0.2) is 6.07 Å². The average Bonchev–Trinajstić information content (AvgIpc) is 2.35. The topological polar surface area (TPSA) is 105 Å². The van der Waals surface area contributed by atoms with Gasteiger partial charge in [0.25, 0.3) is 0 Å². The number of aryl methyl sites for hydroxylation is 1. The van der Waals surface area contributed by atoms with Crippen LogP contribution in [-0.2, 0) is 4.79 Å². The van der Waals surface area contributed by atoms with Crippen molar-refractivity contribution in [2.24, 2.45) is 11.8 Å². The molecule has 2 rings (SSSR count). The van der Waals surface area contributed by atoms with Crippen molar-refractivity contribution in [2.75, 3.05) is 25.5 Å². The van der Waals surface area contributed by atoms with Crippen molar-refractivity contribution in [2.45, 2.75) is 13.8 Å². The van der Waals surface area contributed by atoms with Gasteiger partial charge in [-0.2, -0.15) is 4.98 Å². The molecule has 1 aliphatic heterocycles. The number of likely N-dealkylation sites (tertiary alicyclic amines) is 1. The smallest absolute Gasteiger partial charge is 0.324 e. The summed E-state index contributed by atoms with van der Waals surface area (Å²) in [4.78, 5) is 32.5. The monoisotopic (exact) mass is 294 g/mol. The quantitative estimate of drug-likeness (QED) is 0.857. The number of urea groups is 1. The third kappa shape index (κ3) is 3.39. The van der Waals surface area contributed by atoms with Gasteiger partial charge in [0.1, 0.15) is 0 Å². The minimum atomic E-state index is -0.841. The van der Waals surface area contributed by atoms with Crippen LogP contribution in [0.25, 0.3) is 0 Å². The molecule has 0 bridgehead atoms. The van der Waals surface area contributed by atoms with Gasteiger partial charge in [-0.15, -0.1) is 0 Å². The summed E-state index contributed by atoms with van der Waals surface area (Å²) >= 11 is 0. The van der Waals surface area contributed by atoms with Crippen LogP contribution in [0, 0.1) is 18.8 Å². The Hall–Kier alpha value is -2.38. The lowest BCUT2D eigenvalue weighted by Gasteiger charge is -2.40. The molecule has 1 unspecified atom stereocenters. The Morgan fingerprint density at radius 2 is 2.14 bits per heavy atom. The molecule has 0 aliphatic carbocycles. The molecule has 0 saturated carbocycles. The summed E-state index contributed by atoms with van der Waals surface area (Å²) in [6.07, 6.45) is 0. The van der Waals surface area contributed by atoms with Gasteiger partial charge >= 0.3 is 12.0 Å². The zero-order valence-corrected chi connectivity index (χ0v) is 12.2. The molecule has 0 spiro atoms. The Kier molecular flexibility index (Phi) is 4.25. The van der Waals surface area contributed by atoms with Crippen LogP contribution in [0.3, 0.4) is 0 Å². The van der Waals surface area contributed by atoms with Crippen molar-refractivity contribution >= 4 is 17.9 Å². The number of aromatic nitrogens is 2. The number of hydrogen-bond acceptors (Lipinski definition) is 5. The number of carbonyl (C=O) groups excluding carboxylic acids is 1. The van der Waals surface area contributed by atoms with Crippen LogP contribution >= 0.6 is 0 Å². The Morgan fingerprint density at radius 3 is 2.71 bits per heavy atom. The molecule has 1 fully saturated rings. The van der Waals surface area contributed by atoms with Crippen LogP contribution in [0.2, 0.25) is 0 Å². The SMILES string of the molecule is COc1cc(C)nc(NC(=O)N2CC(C(C)C(=O)O)C2)n1. The van der Waals surface area contributed by atoms with Crippen molar-refractivity contribution in [3.63, 3.8) is 0 Å². The summed E-state index contributed by atoms with van der Waals surface area (Å²) < 4.78 is 5.01. The first kappa shape index (κ1) is 15.0. The summed E-state index contributed by atoms with van der Waals surface area (Å²) in [6, 6.07) is 1.32. The van der Waals surface area contributed by atoms with Crippen LogP contribution in [-0.4, -0.2) is 52.2 Å². The highest BCUT2D eigenvalue weighted by atomic mass is 16.5. The second-order valence-electron chi connectivity index (χ2n) is 5.10. The highest BCUT2D eigenvalue weighted by molar-refractivity contribution is 5.88. The molecule has 21 heavy (non-hydrogen) atoms. The molecule has 8 heteroatoms. The van der Waals surface area contributed by atoms with Crippen molar-refractivity contribution in [1.29, 1.82) is 0 Å². The Morgan fingerprint density at radius 1 is 1.48 bits per heavy atom. The molecule has 2 N–H and O–H groups in total. The van der Waals surface area contributed by atoms with Gasteiger partial charge in [0.15, 0.2) is 0 Å². The van der Waals surface area contributed by atoms with E-state index in [1.54, 1.807) is 19.9 Å². The molecule has 2 amide bonds. The van der Waals surface area contributed by atoms with E-state index in [1.807, 2.05) is 0 Å². The molecule has 114 valence electrons. The Bertz CT molecular complexity index is 557. The van der Waals surface area contributed by atoms with E-state index in [1.165, 1.54) is 12.0 Å². The van der Waals surface area contributed by atoms with Gasteiger partial charge in [-0.3, -0.25) is 10.1 Å². The van der Waals surface area contributed by atoms with Gasteiger partial charge in [0, 0.05) is 30.8 Å². The molecule has 1 aromatic heterocycles. The lowest BCUT2D eigenvalue weighted by molar-refractivity contribution is -0.144. The van der Waals surface area contributed by atoms with Crippen LogP contribution in [0.4, 0.5) is 10.7 Å². The number of hydrogen-bond donors (Lipinski definition) is 2. The molecule has 8 nitrogen and oxygen atoms in total. The van der Waals surface area contributed by atoms with Crippen LogP contribution < -0.4 is 10.1 Å². The predicted molar refractivity (Wildman–Crippen MR) is 74.2 cm³/mol. The van der Waals surface area contributed by atoms with Crippen molar-refractivity contribution in [3.05, 3.63) is 11.8 Å². The number of methoxy groups -OCH3 is 1. The number of aliphatic carboxylic acids is 1. The highest BCUT2D eigenvalue weighted by Crippen LogP contribution is 2.24. The number of anilines is 1. The van der Waals surface area contributed by atoms with E-state index < -0.39 is 11.9 Å². The predicted octanol–water partition coefficient (Wildman–Crippen LogP) is 0.978. The number of nitrogens with zero attached hydrogens (tertiary/aromatic N) is 3. The van der Waals surface area contributed by atoms with E-state index in [4.69, 9.17) is 9.84 Å². The third-order valence-corrected chi connectivity index (χ3v) is 3.55. The van der Waals surface area contributed by atoms with Gasteiger partial charge in [0.05, 0.1) is 13.0 Å². The minimum absolute atomic E-state index is 0.0128. The first-order valence-electron chi connectivity index (χ1n) is 6.59. The van der Waals surface area contributed by atoms with E-state index in [2.05, 4.69) is 15.3 Å². The average molecular weight is 294 g/mol. The second kappa shape index (κ2) is 5.94. The van der Waals surface area contributed by atoms with Gasteiger partial charge in [0.2, 0.25) is 11.8 Å². The second-order valence-corrected chi connectivity index (χ2v) is 5.10. The maximum atomic E-state index is 12.0. The zero-order valence-electron chi connectivity index (χ0n) is 12.2. The van der Waals surface area contributed by atoms with Crippen LogP contribution in [0.1, 0.15) is 12.6 Å².